The van der Waals surface area contributed by atoms with Crippen LogP contribution in [-0.2, 0) is 16.0 Å². The largest absolute Gasteiger partial charge is 0.434 e. The Balaban J connectivity index is 1.92. The summed E-state index contributed by atoms with van der Waals surface area (Å²) < 4.78 is 33.2. The average Bonchev–Trinajstić information content (AvgIpc) is 3.05. The maximum Gasteiger partial charge on any atom is 0.411 e. The molecule has 9 heteroatoms. The molecule has 0 aliphatic carbocycles. The van der Waals surface area contributed by atoms with Crippen molar-refractivity contribution < 1.29 is 23.1 Å². The number of carbonyl (C=O) groups is 2. The van der Waals surface area contributed by atoms with Crippen LogP contribution in [0.3, 0.4) is 0 Å². The van der Waals surface area contributed by atoms with Gasteiger partial charge in [0.1, 0.15) is 16.7 Å². The molecule has 28 heavy (non-hydrogen) atoms. The van der Waals surface area contributed by atoms with Crippen molar-refractivity contribution in [3.8, 4) is 0 Å². The van der Waals surface area contributed by atoms with Gasteiger partial charge < -0.3 is 10.5 Å². The van der Waals surface area contributed by atoms with Gasteiger partial charge in [-0.2, -0.15) is 0 Å². The molecule has 1 aliphatic rings. The van der Waals surface area contributed by atoms with E-state index < -0.39 is 40.8 Å². The van der Waals surface area contributed by atoms with Gasteiger partial charge in [0, 0.05) is 10.6 Å². The number of ether oxygens (including phenoxy) is 1. The third-order valence-electron chi connectivity index (χ3n) is 4.58. The lowest BCUT2D eigenvalue weighted by Crippen LogP contribution is -2.35. The number of amides is 2. The normalized spacial score (nSPS) is 17.5. The fourth-order valence-electron chi connectivity index (χ4n) is 3.11. The Morgan fingerprint density at radius 2 is 1.89 bits per heavy atom. The van der Waals surface area contributed by atoms with E-state index in [0.29, 0.717) is 11.4 Å². The minimum atomic E-state index is -1.13. The van der Waals surface area contributed by atoms with Gasteiger partial charge in [0.05, 0.1) is 12.6 Å². The number of primary amides is 1. The lowest BCUT2D eigenvalue weighted by molar-refractivity contribution is -0.124. The number of carbonyl (C=O) groups excluding carboxylic acids is 2. The third-order valence-corrected chi connectivity index (χ3v) is 5.18. The number of hydrogen-bond donors (Lipinski definition) is 1. The molecule has 0 spiro atoms. The van der Waals surface area contributed by atoms with Crippen LogP contribution in [0, 0.1) is 11.6 Å². The molecule has 1 heterocycles. The highest BCUT2D eigenvalue weighted by atomic mass is 35.5. The second-order valence-corrected chi connectivity index (χ2v) is 7.19. The molecule has 2 aromatic rings. The molecule has 3 rings (SSSR count). The van der Waals surface area contributed by atoms with E-state index in [1.165, 1.54) is 11.0 Å². The van der Waals surface area contributed by atoms with Crippen molar-refractivity contribution >= 4 is 35.2 Å². The summed E-state index contributed by atoms with van der Waals surface area (Å²) in [5.41, 5.74) is 6.15. The van der Waals surface area contributed by atoms with Crippen LogP contribution in [0.15, 0.2) is 36.4 Å². The first kappa shape index (κ1) is 20.4. The number of benzene rings is 2. The second-order valence-electron chi connectivity index (χ2n) is 6.37. The standard InChI is InChI=1S/C19H16Cl2F2N2O3/c20-11-4-1-10(2-5-11)3-8-14(12-6-7-13(22)16(21)17(12)23)25-9-15(18(24)26)28-19(25)27/h1-2,4-7,14-15H,3,8-9H2,(H2,24,26)/t14-,15?/m1/s1. The Morgan fingerprint density at radius 1 is 1.21 bits per heavy atom. The number of halogens is 4. The summed E-state index contributed by atoms with van der Waals surface area (Å²) in [5, 5.41) is -0.0860. The summed E-state index contributed by atoms with van der Waals surface area (Å²) in [6.45, 7) is -0.131. The van der Waals surface area contributed by atoms with Crippen molar-refractivity contribution in [2.75, 3.05) is 6.54 Å². The van der Waals surface area contributed by atoms with Crippen LogP contribution in [0.4, 0.5) is 13.6 Å². The quantitative estimate of drug-likeness (QED) is 0.698. The third kappa shape index (κ3) is 4.20. The van der Waals surface area contributed by atoms with Crippen molar-refractivity contribution in [1.29, 1.82) is 0 Å². The van der Waals surface area contributed by atoms with Crippen LogP contribution in [0.5, 0.6) is 0 Å². The Hall–Kier alpha value is -2.38. The minimum Gasteiger partial charge on any atom is -0.434 e. The minimum absolute atomic E-state index is 0.0300. The summed E-state index contributed by atoms with van der Waals surface area (Å²) in [5.74, 6) is -2.67. The summed E-state index contributed by atoms with van der Waals surface area (Å²) in [6.07, 6.45) is -1.20. The number of rotatable bonds is 6. The molecular weight excluding hydrogens is 413 g/mol. The van der Waals surface area contributed by atoms with Crippen LogP contribution < -0.4 is 5.73 Å². The van der Waals surface area contributed by atoms with Crippen molar-refractivity contribution in [2.45, 2.75) is 25.0 Å². The van der Waals surface area contributed by atoms with Gasteiger partial charge in [0.25, 0.3) is 5.91 Å². The van der Waals surface area contributed by atoms with E-state index in [1.54, 1.807) is 12.1 Å². The van der Waals surface area contributed by atoms with Crippen molar-refractivity contribution in [3.05, 3.63) is 69.2 Å². The van der Waals surface area contributed by atoms with Gasteiger partial charge in [0.15, 0.2) is 6.10 Å². The molecule has 0 aromatic heterocycles. The molecule has 2 amide bonds. The van der Waals surface area contributed by atoms with Gasteiger partial charge in [0.2, 0.25) is 0 Å². The lowest BCUT2D eigenvalue weighted by Gasteiger charge is -2.27. The van der Waals surface area contributed by atoms with Crippen molar-refractivity contribution in [3.63, 3.8) is 0 Å². The zero-order valence-corrected chi connectivity index (χ0v) is 16.0. The monoisotopic (exact) mass is 428 g/mol. The zero-order chi connectivity index (χ0) is 20.4. The molecule has 2 N–H and O–H groups in total. The van der Waals surface area contributed by atoms with Gasteiger partial charge >= 0.3 is 6.09 Å². The first-order valence-corrected chi connectivity index (χ1v) is 9.18. The topological polar surface area (TPSA) is 72.6 Å². The fourth-order valence-corrected chi connectivity index (χ4v) is 3.41. The Morgan fingerprint density at radius 3 is 2.50 bits per heavy atom. The van der Waals surface area contributed by atoms with Crippen LogP contribution >= 0.6 is 23.2 Å². The number of cyclic esters (lactones) is 1. The molecule has 2 aromatic carbocycles. The SMILES string of the molecule is NC(=O)C1CN([C@H](CCc2ccc(Cl)cc2)c2ccc(F)c(Cl)c2F)C(=O)O1. The van der Waals surface area contributed by atoms with Gasteiger partial charge in [-0.25, -0.2) is 13.6 Å². The van der Waals surface area contributed by atoms with E-state index in [-0.39, 0.29) is 18.5 Å². The van der Waals surface area contributed by atoms with E-state index in [1.807, 2.05) is 12.1 Å². The lowest BCUT2D eigenvalue weighted by atomic mass is 9.97. The highest BCUT2D eigenvalue weighted by molar-refractivity contribution is 6.31. The van der Waals surface area contributed by atoms with Gasteiger partial charge in [-0.05, 0) is 36.6 Å². The number of hydrogen-bond acceptors (Lipinski definition) is 3. The summed E-state index contributed by atoms with van der Waals surface area (Å²) in [4.78, 5) is 24.9. The second kappa shape index (κ2) is 8.32. The van der Waals surface area contributed by atoms with Crippen LogP contribution in [-0.4, -0.2) is 29.5 Å². The van der Waals surface area contributed by atoms with Crippen molar-refractivity contribution in [1.82, 2.24) is 4.90 Å². The molecule has 1 unspecified atom stereocenters. The number of nitrogens with zero attached hydrogens (tertiary/aromatic N) is 1. The molecule has 0 bridgehead atoms. The first-order chi connectivity index (χ1) is 13.3. The highest BCUT2D eigenvalue weighted by Gasteiger charge is 2.40. The molecule has 1 saturated heterocycles. The van der Waals surface area contributed by atoms with Gasteiger partial charge in [-0.15, -0.1) is 0 Å². The van der Waals surface area contributed by atoms with Crippen LogP contribution in [0.2, 0.25) is 10.0 Å². The maximum atomic E-state index is 14.7. The summed E-state index contributed by atoms with van der Waals surface area (Å²) >= 11 is 11.6. The maximum absolute atomic E-state index is 14.7. The van der Waals surface area contributed by atoms with Crippen LogP contribution in [0.1, 0.15) is 23.6 Å². The Labute approximate surface area is 170 Å². The van der Waals surface area contributed by atoms with Gasteiger partial charge in [-0.3, -0.25) is 9.69 Å². The first-order valence-electron chi connectivity index (χ1n) is 8.42. The molecule has 5 nitrogen and oxygen atoms in total. The Kier molecular flexibility index (Phi) is 6.05. The highest BCUT2D eigenvalue weighted by Crippen LogP contribution is 2.35. The molecule has 1 fully saturated rings. The molecule has 0 radical (unpaired) electrons. The van der Waals surface area contributed by atoms with E-state index >= 15 is 0 Å². The number of aryl methyl sites for hydroxylation is 1. The van der Waals surface area contributed by atoms with E-state index in [0.717, 1.165) is 11.6 Å². The molecule has 148 valence electrons. The van der Waals surface area contributed by atoms with Crippen LogP contribution in [0.25, 0.3) is 0 Å². The average molecular weight is 429 g/mol. The summed E-state index contributed by atoms with van der Waals surface area (Å²) in [7, 11) is 0. The summed E-state index contributed by atoms with van der Waals surface area (Å²) in [6, 6.07) is 8.48. The molecule has 0 saturated carbocycles. The molecule has 2 atom stereocenters. The Bertz CT molecular complexity index is 909. The van der Waals surface area contributed by atoms with Gasteiger partial charge in [-0.1, -0.05) is 41.4 Å². The van der Waals surface area contributed by atoms with E-state index in [4.69, 9.17) is 33.7 Å². The van der Waals surface area contributed by atoms with E-state index in [2.05, 4.69) is 0 Å². The van der Waals surface area contributed by atoms with Crippen molar-refractivity contribution in [2.24, 2.45) is 5.73 Å². The zero-order valence-electron chi connectivity index (χ0n) is 14.5. The van der Waals surface area contributed by atoms with E-state index in [9.17, 15) is 18.4 Å². The molecule has 1 aliphatic heterocycles. The smallest absolute Gasteiger partial charge is 0.411 e. The fraction of sp³-hybridized carbons (Fsp3) is 0.263. The predicted octanol–water partition coefficient (Wildman–Crippen LogP) is 4.25. The predicted molar refractivity (Wildman–Crippen MR) is 100 cm³/mol. The number of nitrogens with two attached hydrogens (primary N) is 1. The molecular formula is C19H16Cl2F2N2O3.